The summed E-state index contributed by atoms with van der Waals surface area (Å²) in [6.07, 6.45) is 1.17. The van der Waals surface area contributed by atoms with Gasteiger partial charge < -0.3 is 0 Å². The Kier molecular flexibility index (Phi) is 3.28. The van der Waals surface area contributed by atoms with Crippen LogP contribution in [0.5, 0.6) is 0 Å². The Morgan fingerprint density at radius 3 is 2.60 bits per heavy atom. The van der Waals surface area contributed by atoms with Gasteiger partial charge in [-0.2, -0.15) is 5.10 Å². The van der Waals surface area contributed by atoms with Gasteiger partial charge in [0.1, 0.15) is 12.0 Å². The van der Waals surface area contributed by atoms with Crippen molar-refractivity contribution >= 4 is 21.4 Å². The van der Waals surface area contributed by atoms with Gasteiger partial charge in [-0.1, -0.05) is 28.8 Å². The summed E-state index contributed by atoms with van der Waals surface area (Å²) in [5, 5.41) is 11.6. The molecule has 2 aromatic heterocycles. The molecule has 0 aliphatic rings. The second-order valence-corrected chi connectivity index (χ2v) is 6.55. The molecule has 1 aromatic carbocycles. The molecule has 0 spiro atoms. The molecule has 0 amide bonds. The van der Waals surface area contributed by atoms with Crippen LogP contribution in [0.15, 0.2) is 41.1 Å². The van der Waals surface area contributed by atoms with Crippen LogP contribution in [-0.4, -0.2) is 33.2 Å². The summed E-state index contributed by atoms with van der Waals surface area (Å²) in [7, 11) is -3.49. The molecule has 0 radical (unpaired) electrons. The highest BCUT2D eigenvalue weighted by Crippen LogP contribution is 2.20. The van der Waals surface area contributed by atoms with E-state index in [1.807, 2.05) is 17.5 Å². The van der Waals surface area contributed by atoms with Gasteiger partial charge in [-0.05, 0) is 17.1 Å². The van der Waals surface area contributed by atoms with Gasteiger partial charge in [0, 0.05) is 10.9 Å². The maximum atomic E-state index is 12.0. The minimum absolute atomic E-state index is 0.120. The van der Waals surface area contributed by atoms with Crippen LogP contribution in [0.2, 0.25) is 0 Å². The van der Waals surface area contributed by atoms with Crippen LogP contribution in [-0.2, 0) is 15.6 Å². The van der Waals surface area contributed by atoms with E-state index in [0.29, 0.717) is 5.56 Å². The normalized spacial score (nSPS) is 11.6. The number of hydrogen-bond donors (Lipinski definition) is 1. The predicted molar refractivity (Wildman–Crippen MR) is 72.6 cm³/mol. The van der Waals surface area contributed by atoms with E-state index in [9.17, 15) is 8.42 Å². The molecule has 0 aliphatic heterocycles. The number of nitrogens with one attached hydrogen (secondary N) is 1. The number of sulfone groups is 1. The first-order valence-corrected chi connectivity index (χ1v) is 8.08. The fraction of sp³-hybridized carbons (Fsp3) is 0.0909. The molecule has 102 valence electrons. The molecule has 9 heteroatoms. The number of hydrogen-bond acceptors (Lipinski definition) is 7. The van der Waals surface area contributed by atoms with E-state index in [4.69, 9.17) is 0 Å². The van der Waals surface area contributed by atoms with E-state index >= 15 is 0 Å². The van der Waals surface area contributed by atoms with Gasteiger partial charge in [0.25, 0.3) is 0 Å². The lowest BCUT2D eigenvalue weighted by Gasteiger charge is -2.02. The maximum absolute atomic E-state index is 12.0. The van der Waals surface area contributed by atoms with Gasteiger partial charge in [-0.25, -0.2) is 13.4 Å². The summed E-state index contributed by atoms with van der Waals surface area (Å²) < 4.78 is 27.8. The molecule has 0 aliphatic carbocycles. The monoisotopic (exact) mass is 307 g/mol. The third-order valence-corrected chi connectivity index (χ3v) is 4.66. The summed E-state index contributed by atoms with van der Waals surface area (Å²) in [6, 6.07) is 7.15. The zero-order valence-corrected chi connectivity index (χ0v) is 11.7. The van der Waals surface area contributed by atoms with Crippen molar-refractivity contribution in [3.05, 3.63) is 41.5 Å². The fourth-order valence-corrected chi connectivity index (χ4v) is 3.33. The highest BCUT2D eigenvalue weighted by molar-refractivity contribution is 7.90. The molecule has 3 rings (SSSR count). The third-order valence-electron chi connectivity index (χ3n) is 2.65. The summed E-state index contributed by atoms with van der Waals surface area (Å²) in [6.45, 7) is 0. The Bertz CT molecular complexity index is 780. The van der Waals surface area contributed by atoms with Crippen LogP contribution < -0.4 is 0 Å². The van der Waals surface area contributed by atoms with E-state index in [1.54, 1.807) is 12.1 Å². The quantitative estimate of drug-likeness (QED) is 0.779. The third kappa shape index (κ3) is 2.58. The molecule has 0 saturated heterocycles. The minimum atomic E-state index is -3.49. The highest BCUT2D eigenvalue weighted by Gasteiger charge is 2.18. The van der Waals surface area contributed by atoms with E-state index in [0.717, 1.165) is 11.3 Å². The van der Waals surface area contributed by atoms with Gasteiger partial charge in [-0.3, -0.25) is 5.10 Å². The Labute approximate surface area is 118 Å². The number of aromatic amines is 1. The first-order chi connectivity index (χ1) is 9.65. The number of aromatic nitrogens is 5. The Balaban J connectivity index is 1.83. The standard InChI is InChI=1S/C11H9N5O2S2/c17-20(18,11-12-7-13-15-11)6-8-1-3-9(4-2-8)10-5-19-16-14-10/h1-5,7H,6H2,(H,12,13,15). The zero-order valence-electron chi connectivity index (χ0n) is 10.1. The van der Waals surface area contributed by atoms with E-state index < -0.39 is 9.84 Å². The summed E-state index contributed by atoms with van der Waals surface area (Å²) in [5.74, 6) is -0.127. The Morgan fingerprint density at radius 2 is 2.00 bits per heavy atom. The van der Waals surface area contributed by atoms with Crippen LogP contribution in [0.3, 0.4) is 0 Å². The van der Waals surface area contributed by atoms with Crippen molar-refractivity contribution in [2.75, 3.05) is 0 Å². The van der Waals surface area contributed by atoms with Gasteiger partial charge in [0.2, 0.25) is 15.0 Å². The number of nitrogens with zero attached hydrogens (tertiary/aromatic N) is 4. The van der Waals surface area contributed by atoms with E-state index in [1.165, 1.54) is 17.9 Å². The first-order valence-electron chi connectivity index (χ1n) is 5.60. The second kappa shape index (κ2) is 5.10. The Morgan fingerprint density at radius 1 is 1.20 bits per heavy atom. The molecular formula is C11H9N5O2S2. The molecule has 0 saturated carbocycles. The van der Waals surface area contributed by atoms with Crippen LogP contribution in [0.25, 0.3) is 11.3 Å². The molecule has 3 aromatic rings. The topological polar surface area (TPSA) is 101 Å². The number of rotatable bonds is 4. The average molecular weight is 307 g/mol. The highest BCUT2D eigenvalue weighted by atomic mass is 32.2. The molecule has 20 heavy (non-hydrogen) atoms. The predicted octanol–water partition coefficient (Wildman–Crippen LogP) is 1.30. The van der Waals surface area contributed by atoms with Crippen molar-refractivity contribution in [3.8, 4) is 11.3 Å². The van der Waals surface area contributed by atoms with Gasteiger partial charge in [-0.15, -0.1) is 5.10 Å². The Hall–Kier alpha value is -2.13. The molecule has 0 fully saturated rings. The van der Waals surface area contributed by atoms with Crippen LogP contribution in [0, 0.1) is 0 Å². The van der Waals surface area contributed by atoms with Gasteiger partial charge >= 0.3 is 0 Å². The van der Waals surface area contributed by atoms with Crippen molar-refractivity contribution in [1.82, 2.24) is 24.8 Å². The maximum Gasteiger partial charge on any atom is 0.243 e. The lowest BCUT2D eigenvalue weighted by atomic mass is 10.1. The van der Waals surface area contributed by atoms with Crippen LogP contribution >= 0.6 is 11.5 Å². The van der Waals surface area contributed by atoms with Crippen molar-refractivity contribution in [1.29, 1.82) is 0 Å². The van der Waals surface area contributed by atoms with Gasteiger partial charge in [0.15, 0.2) is 0 Å². The molecular weight excluding hydrogens is 298 g/mol. The zero-order chi connectivity index (χ0) is 14.0. The summed E-state index contributed by atoms with van der Waals surface area (Å²) >= 11 is 1.27. The van der Waals surface area contributed by atoms with Gasteiger partial charge in [0.05, 0.1) is 5.75 Å². The minimum Gasteiger partial charge on any atom is -0.250 e. The van der Waals surface area contributed by atoms with Crippen LogP contribution in [0.4, 0.5) is 0 Å². The molecule has 7 nitrogen and oxygen atoms in total. The number of H-pyrrole nitrogens is 1. The molecule has 0 unspecified atom stereocenters. The lowest BCUT2D eigenvalue weighted by molar-refractivity contribution is 0.587. The number of benzene rings is 1. The van der Waals surface area contributed by atoms with Crippen LogP contribution in [0.1, 0.15) is 5.56 Å². The van der Waals surface area contributed by atoms with Crippen molar-refractivity contribution in [2.24, 2.45) is 0 Å². The molecule has 1 N–H and O–H groups in total. The second-order valence-electron chi connectivity index (χ2n) is 4.04. The smallest absolute Gasteiger partial charge is 0.243 e. The van der Waals surface area contributed by atoms with E-state index in [2.05, 4.69) is 24.8 Å². The largest absolute Gasteiger partial charge is 0.250 e. The first kappa shape index (κ1) is 12.9. The molecule has 0 bridgehead atoms. The van der Waals surface area contributed by atoms with Crippen molar-refractivity contribution in [2.45, 2.75) is 10.9 Å². The lowest BCUT2D eigenvalue weighted by Crippen LogP contribution is -2.07. The van der Waals surface area contributed by atoms with E-state index in [-0.39, 0.29) is 10.9 Å². The van der Waals surface area contributed by atoms with Crippen molar-refractivity contribution < 1.29 is 8.42 Å². The molecule has 0 atom stereocenters. The average Bonchev–Trinajstić information content (AvgIpc) is 3.13. The molecule has 2 heterocycles. The van der Waals surface area contributed by atoms with Crippen molar-refractivity contribution in [3.63, 3.8) is 0 Å². The SMILES string of the molecule is O=S(=O)(Cc1ccc(-c2csnn2)cc1)c1ncn[nH]1. The summed E-state index contributed by atoms with van der Waals surface area (Å²) in [5.41, 5.74) is 2.35. The summed E-state index contributed by atoms with van der Waals surface area (Å²) in [4.78, 5) is 3.67. The fourth-order valence-electron chi connectivity index (χ4n) is 1.69.